The fourth-order valence-corrected chi connectivity index (χ4v) is 2.80. The second-order valence-electron chi connectivity index (χ2n) is 4.94. The minimum absolute atomic E-state index is 0.119. The molecular weight excluding hydrogens is 260 g/mol. The van der Waals surface area contributed by atoms with Gasteiger partial charge < -0.3 is 29.9 Å². The number of piperazine rings is 1. The SMILES string of the molecule is OCc1cc2c(c(N3CCNCC3)c1CO)OCCO2. The van der Waals surface area contributed by atoms with E-state index in [0.29, 0.717) is 30.3 Å². The Morgan fingerprint density at radius 3 is 2.55 bits per heavy atom. The molecule has 0 aromatic heterocycles. The number of fused-ring (bicyclic) bond motifs is 1. The number of nitrogens with one attached hydrogen (secondary N) is 1. The van der Waals surface area contributed by atoms with Crippen molar-refractivity contribution < 1.29 is 19.7 Å². The van der Waals surface area contributed by atoms with Crippen molar-refractivity contribution in [2.75, 3.05) is 44.3 Å². The Kier molecular flexibility index (Phi) is 3.95. The summed E-state index contributed by atoms with van der Waals surface area (Å²) in [6, 6.07) is 1.77. The highest BCUT2D eigenvalue weighted by Crippen LogP contribution is 2.44. The Balaban J connectivity index is 2.11. The highest BCUT2D eigenvalue weighted by molar-refractivity contribution is 5.72. The molecule has 0 bridgehead atoms. The van der Waals surface area contributed by atoms with E-state index in [0.717, 1.165) is 37.4 Å². The summed E-state index contributed by atoms with van der Waals surface area (Å²) in [5.74, 6) is 1.35. The van der Waals surface area contributed by atoms with Gasteiger partial charge in [-0.15, -0.1) is 0 Å². The van der Waals surface area contributed by atoms with Crippen molar-refractivity contribution in [2.45, 2.75) is 13.2 Å². The van der Waals surface area contributed by atoms with Gasteiger partial charge in [0.2, 0.25) is 0 Å². The Morgan fingerprint density at radius 2 is 1.85 bits per heavy atom. The molecule has 20 heavy (non-hydrogen) atoms. The number of anilines is 1. The van der Waals surface area contributed by atoms with Crippen LogP contribution >= 0.6 is 0 Å². The number of nitrogens with zero attached hydrogens (tertiary/aromatic N) is 1. The zero-order valence-corrected chi connectivity index (χ0v) is 11.4. The van der Waals surface area contributed by atoms with E-state index in [1.165, 1.54) is 0 Å². The van der Waals surface area contributed by atoms with Crippen molar-refractivity contribution in [3.63, 3.8) is 0 Å². The smallest absolute Gasteiger partial charge is 0.185 e. The van der Waals surface area contributed by atoms with Crippen LogP contribution < -0.4 is 19.7 Å². The van der Waals surface area contributed by atoms with E-state index in [4.69, 9.17) is 9.47 Å². The zero-order valence-electron chi connectivity index (χ0n) is 11.4. The van der Waals surface area contributed by atoms with Gasteiger partial charge in [0.15, 0.2) is 11.5 Å². The van der Waals surface area contributed by atoms with E-state index in [1.54, 1.807) is 6.07 Å². The third kappa shape index (κ3) is 2.30. The summed E-state index contributed by atoms with van der Waals surface area (Å²) in [5.41, 5.74) is 2.30. The molecule has 0 unspecified atom stereocenters. The van der Waals surface area contributed by atoms with Gasteiger partial charge in [0.05, 0.1) is 18.9 Å². The van der Waals surface area contributed by atoms with Crippen LogP contribution in [0.2, 0.25) is 0 Å². The highest BCUT2D eigenvalue weighted by atomic mass is 16.6. The van der Waals surface area contributed by atoms with Gasteiger partial charge in [0.1, 0.15) is 13.2 Å². The summed E-state index contributed by atoms with van der Waals surface area (Å²) < 4.78 is 11.4. The number of hydrogen-bond donors (Lipinski definition) is 3. The summed E-state index contributed by atoms with van der Waals surface area (Å²) in [7, 11) is 0. The van der Waals surface area contributed by atoms with Gasteiger partial charge in [0, 0.05) is 31.7 Å². The molecule has 1 saturated heterocycles. The maximum atomic E-state index is 9.71. The van der Waals surface area contributed by atoms with Gasteiger partial charge in [-0.3, -0.25) is 0 Å². The molecule has 2 heterocycles. The average molecular weight is 280 g/mol. The quantitative estimate of drug-likeness (QED) is 0.715. The van der Waals surface area contributed by atoms with Crippen LogP contribution in [0.15, 0.2) is 6.07 Å². The molecule has 110 valence electrons. The summed E-state index contributed by atoms with van der Waals surface area (Å²) in [4.78, 5) is 2.19. The Morgan fingerprint density at radius 1 is 1.10 bits per heavy atom. The molecule has 3 rings (SSSR count). The van der Waals surface area contributed by atoms with Crippen LogP contribution in [0.4, 0.5) is 5.69 Å². The first-order valence-electron chi connectivity index (χ1n) is 6.97. The van der Waals surface area contributed by atoms with Gasteiger partial charge >= 0.3 is 0 Å². The zero-order chi connectivity index (χ0) is 13.9. The van der Waals surface area contributed by atoms with E-state index in [-0.39, 0.29) is 13.2 Å². The van der Waals surface area contributed by atoms with E-state index in [9.17, 15) is 10.2 Å². The number of rotatable bonds is 3. The number of aliphatic hydroxyl groups excluding tert-OH is 2. The van der Waals surface area contributed by atoms with Gasteiger partial charge in [0.25, 0.3) is 0 Å². The summed E-state index contributed by atoms with van der Waals surface area (Å²) in [6.07, 6.45) is 0. The van der Waals surface area contributed by atoms with Crippen LogP contribution in [0.3, 0.4) is 0 Å². The summed E-state index contributed by atoms with van der Waals surface area (Å²) in [5, 5.41) is 22.6. The van der Waals surface area contributed by atoms with Crippen LogP contribution in [0.25, 0.3) is 0 Å². The maximum absolute atomic E-state index is 9.71. The third-order valence-electron chi connectivity index (χ3n) is 3.77. The Hall–Kier alpha value is -1.50. The van der Waals surface area contributed by atoms with Crippen molar-refractivity contribution in [1.29, 1.82) is 0 Å². The molecule has 3 N–H and O–H groups in total. The maximum Gasteiger partial charge on any atom is 0.185 e. The lowest BCUT2D eigenvalue weighted by Crippen LogP contribution is -2.44. The average Bonchev–Trinajstić information content (AvgIpc) is 2.53. The second kappa shape index (κ2) is 5.87. The monoisotopic (exact) mass is 280 g/mol. The largest absolute Gasteiger partial charge is 0.486 e. The first-order valence-corrected chi connectivity index (χ1v) is 6.97. The molecule has 2 aliphatic heterocycles. The predicted molar refractivity (Wildman–Crippen MR) is 74.4 cm³/mol. The molecule has 0 aliphatic carbocycles. The third-order valence-corrected chi connectivity index (χ3v) is 3.77. The van der Waals surface area contributed by atoms with Crippen LogP contribution in [-0.2, 0) is 13.2 Å². The molecule has 0 radical (unpaired) electrons. The fraction of sp³-hybridized carbons (Fsp3) is 0.571. The van der Waals surface area contributed by atoms with Crippen LogP contribution in [0.5, 0.6) is 11.5 Å². The summed E-state index contributed by atoms with van der Waals surface area (Å²) >= 11 is 0. The van der Waals surface area contributed by atoms with Crippen LogP contribution in [0, 0.1) is 0 Å². The number of hydrogen-bond acceptors (Lipinski definition) is 6. The molecule has 1 aromatic carbocycles. The highest BCUT2D eigenvalue weighted by Gasteiger charge is 2.26. The Labute approximate surface area is 117 Å². The number of aliphatic hydroxyl groups is 2. The molecule has 0 saturated carbocycles. The van der Waals surface area contributed by atoms with Crippen molar-refractivity contribution in [1.82, 2.24) is 5.32 Å². The van der Waals surface area contributed by atoms with Crippen LogP contribution in [-0.4, -0.2) is 49.6 Å². The van der Waals surface area contributed by atoms with Crippen molar-refractivity contribution >= 4 is 5.69 Å². The standard InChI is InChI=1S/C14H20N2O4/c17-8-10-7-12-14(20-6-5-19-12)13(11(10)9-18)16-3-1-15-2-4-16/h7,15,17-18H,1-6,8-9H2. The normalized spacial score (nSPS) is 18.2. The molecule has 1 fully saturated rings. The number of ether oxygens (including phenoxy) is 2. The lowest BCUT2D eigenvalue weighted by Gasteiger charge is -2.34. The van der Waals surface area contributed by atoms with E-state index in [1.807, 2.05) is 0 Å². The van der Waals surface area contributed by atoms with Crippen molar-refractivity contribution in [3.8, 4) is 11.5 Å². The minimum Gasteiger partial charge on any atom is -0.486 e. The molecule has 6 nitrogen and oxygen atoms in total. The van der Waals surface area contributed by atoms with E-state index < -0.39 is 0 Å². The summed E-state index contributed by atoms with van der Waals surface area (Å²) in [6.45, 7) is 4.26. The molecule has 2 aliphatic rings. The Bertz CT molecular complexity index is 472. The van der Waals surface area contributed by atoms with Gasteiger partial charge in [-0.1, -0.05) is 0 Å². The van der Waals surface area contributed by atoms with Crippen molar-refractivity contribution in [3.05, 3.63) is 17.2 Å². The van der Waals surface area contributed by atoms with E-state index >= 15 is 0 Å². The molecule has 0 spiro atoms. The first kappa shape index (κ1) is 13.5. The van der Waals surface area contributed by atoms with Gasteiger partial charge in [-0.2, -0.15) is 0 Å². The molecule has 1 aromatic rings. The lowest BCUT2D eigenvalue weighted by molar-refractivity contribution is 0.170. The van der Waals surface area contributed by atoms with Gasteiger partial charge in [-0.25, -0.2) is 0 Å². The number of benzene rings is 1. The van der Waals surface area contributed by atoms with Crippen LogP contribution in [0.1, 0.15) is 11.1 Å². The molecule has 6 heteroatoms. The molecule has 0 atom stereocenters. The van der Waals surface area contributed by atoms with Gasteiger partial charge in [-0.05, 0) is 11.6 Å². The first-order chi connectivity index (χ1) is 9.85. The minimum atomic E-state index is -0.119. The predicted octanol–water partition coefficient (Wildman–Crippen LogP) is -0.148. The molecule has 0 amide bonds. The lowest BCUT2D eigenvalue weighted by atomic mass is 10.0. The topological polar surface area (TPSA) is 74.2 Å². The van der Waals surface area contributed by atoms with Crippen molar-refractivity contribution in [2.24, 2.45) is 0 Å². The molecular formula is C14H20N2O4. The second-order valence-corrected chi connectivity index (χ2v) is 4.94. The van der Waals surface area contributed by atoms with E-state index in [2.05, 4.69) is 10.2 Å². The fourth-order valence-electron chi connectivity index (χ4n) is 2.80.